The van der Waals surface area contributed by atoms with Crippen LogP contribution in [0.1, 0.15) is 43.7 Å². The fourth-order valence-electron chi connectivity index (χ4n) is 4.33. The first-order chi connectivity index (χ1) is 17.0. The molecule has 8 heteroatoms. The van der Waals surface area contributed by atoms with Crippen LogP contribution in [0.15, 0.2) is 53.7 Å². The van der Waals surface area contributed by atoms with Gasteiger partial charge in [-0.05, 0) is 50.3 Å². The first-order valence-corrected chi connectivity index (χ1v) is 13.3. The van der Waals surface area contributed by atoms with Gasteiger partial charge in [-0.15, -0.1) is 10.2 Å². The lowest BCUT2D eigenvalue weighted by Crippen LogP contribution is -2.44. The molecule has 2 heterocycles. The molecule has 1 atom stereocenters. The van der Waals surface area contributed by atoms with E-state index < -0.39 is 0 Å². The number of nitrogens with zero attached hydrogens (tertiary/aromatic N) is 4. The lowest BCUT2D eigenvalue weighted by molar-refractivity contribution is -0.132. The van der Waals surface area contributed by atoms with Crippen molar-refractivity contribution in [3.05, 3.63) is 59.7 Å². The van der Waals surface area contributed by atoms with Gasteiger partial charge in [0.1, 0.15) is 0 Å². The van der Waals surface area contributed by atoms with Crippen molar-refractivity contribution in [2.75, 3.05) is 18.8 Å². The van der Waals surface area contributed by atoms with E-state index in [0.717, 1.165) is 49.2 Å². The van der Waals surface area contributed by atoms with Crippen LogP contribution in [0.5, 0.6) is 0 Å². The van der Waals surface area contributed by atoms with Gasteiger partial charge >= 0.3 is 0 Å². The van der Waals surface area contributed by atoms with E-state index in [1.54, 1.807) is 4.90 Å². The third-order valence-corrected chi connectivity index (χ3v) is 7.37. The van der Waals surface area contributed by atoms with Gasteiger partial charge in [-0.1, -0.05) is 67.1 Å². The zero-order valence-electron chi connectivity index (χ0n) is 20.4. The minimum absolute atomic E-state index is 0.0118. The molecule has 4 rings (SSSR count). The molecule has 0 aliphatic carbocycles. The normalized spacial score (nSPS) is 15.8. The van der Waals surface area contributed by atoms with Crippen molar-refractivity contribution in [1.29, 1.82) is 0 Å². The zero-order valence-corrected chi connectivity index (χ0v) is 21.3. The number of piperidine rings is 1. The Morgan fingerprint density at radius 1 is 1.09 bits per heavy atom. The molecule has 1 aliphatic rings. The molecule has 1 fully saturated rings. The highest BCUT2D eigenvalue weighted by Crippen LogP contribution is 2.29. The van der Waals surface area contributed by atoms with Crippen LogP contribution in [-0.4, -0.2) is 50.3 Å². The standard InChI is InChI=1S/C27H33N5O2S/c1-3-4-6-20-10-14-23(15-11-20)32-26(21-12-8-19(2)9-13-21)29-30-27(32)35-18-24(33)31-16-5-7-22(17-31)25(28)34/h8-15,22H,3-7,16-18H2,1-2H3,(H2,28,34). The predicted molar refractivity (Wildman–Crippen MR) is 139 cm³/mol. The lowest BCUT2D eigenvalue weighted by atomic mass is 9.97. The van der Waals surface area contributed by atoms with Gasteiger partial charge in [0.05, 0.1) is 11.7 Å². The zero-order chi connectivity index (χ0) is 24.8. The van der Waals surface area contributed by atoms with E-state index in [9.17, 15) is 9.59 Å². The number of nitrogens with two attached hydrogens (primary N) is 1. The number of carbonyl (C=O) groups excluding carboxylic acids is 2. The van der Waals surface area contributed by atoms with E-state index in [2.05, 4.69) is 60.4 Å². The van der Waals surface area contributed by atoms with Crippen LogP contribution in [0, 0.1) is 12.8 Å². The number of thioether (sulfide) groups is 1. The number of hydrogen-bond acceptors (Lipinski definition) is 5. The summed E-state index contributed by atoms with van der Waals surface area (Å²) in [7, 11) is 0. The second-order valence-electron chi connectivity index (χ2n) is 9.15. The van der Waals surface area contributed by atoms with E-state index >= 15 is 0 Å². The van der Waals surface area contributed by atoms with Crippen molar-refractivity contribution >= 4 is 23.6 Å². The summed E-state index contributed by atoms with van der Waals surface area (Å²) in [5, 5.41) is 9.62. The first kappa shape index (κ1) is 25.0. The Labute approximate surface area is 211 Å². The summed E-state index contributed by atoms with van der Waals surface area (Å²) in [5.41, 5.74) is 9.90. The van der Waals surface area contributed by atoms with Crippen molar-refractivity contribution in [2.45, 2.75) is 51.1 Å². The van der Waals surface area contributed by atoms with Crippen molar-refractivity contribution in [3.8, 4) is 17.1 Å². The Bertz CT molecular complexity index is 1160. The van der Waals surface area contributed by atoms with Crippen LogP contribution in [0.2, 0.25) is 0 Å². The third kappa shape index (κ3) is 6.11. The van der Waals surface area contributed by atoms with E-state index in [0.29, 0.717) is 18.2 Å². The second kappa shape index (κ2) is 11.5. The van der Waals surface area contributed by atoms with Crippen LogP contribution < -0.4 is 5.73 Å². The Morgan fingerprint density at radius 2 is 1.83 bits per heavy atom. The summed E-state index contributed by atoms with van der Waals surface area (Å²) in [6, 6.07) is 16.7. The van der Waals surface area contributed by atoms with E-state index in [-0.39, 0.29) is 23.5 Å². The molecule has 0 spiro atoms. The first-order valence-electron chi connectivity index (χ1n) is 12.3. The number of unbranched alkanes of at least 4 members (excludes halogenated alkanes) is 1. The van der Waals surface area contributed by atoms with Gasteiger partial charge in [0.15, 0.2) is 11.0 Å². The van der Waals surface area contributed by atoms with Crippen molar-refractivity contribution < 1.29 is 9.59 Å². The summed E-state index contributed by atoms with van der Waals surface area (Å²) < 4.78 is 2.02. The molecular formula is C27H33N5O2S. The van der Waals surface area contributed by atoms with Crippen molar-refractivity contribution in [2.24, 2.45) is 11.7 Å². The lowest BCUT2D eigenvalue weighted by Gasteiger charge is -2.31. The van der Waals surface area contributed by atoms with Crippen LogP contribution in [0.3, 0.4) is 0 Å². The fourth-order valence-corrected chi connectivity index (χ4v) is 5.19. The third-order valence-electron chi connectivity index (χ3n) is 6.46. The molecule has 1 unspecified atom stereocenters. The molecule has 0 bridgehead atoms. The smallest absolute Gasteiger partial charge is 0.233 e. The quantitative estimate of drug-likeness (QED) is 0.448. The Hall–Kier alpha value is -3.13. The molecule has 1 aliphatic heterocycles. The molecular weight excluding hydrogens is 458 g/mol. The maximum atomic E-state index is 12.9. The highest BCUT2D eigenvalue weighted by molar-refractivity contribution is 7.99. The molecule has 2 aromatic carbocycles. The Balaban J connectivity index is 1.57. The van der Waals surface area contributed by atoms with Gasteiger partial charge in [-0.25, -0.2) is 0 Å². The molecule has 35 heavy (non-hydrogen) atoms. The number of benzene rings is 2. The maximum absolute atomic E-state index is 12.9. The van der Waals surface area contributed by atoms with E-state index in [4.69, 9.17) is 5.73 Å². The summed E-state index contributed by atoms with van der Waals surface area (Å²) in [6.45, 7) is 5.31. The summed E-state index contributed by atoms with van der Waals surface area (Å²) in [5.74, 6) is 0.364. The number of carbonyl (C=O) groups is 2. The van der Waals surface area contributed by atoms with Crippen LogP contribution in [0.4, 0.5) is 0 Å². The number of aryl methyl sites for hydroxylation is 2. The number of primary amides is 1. The largest absolute Gasteiger partial charge is 0.369 e. The number of rotatable bonds is 9. The number of likely N-dealkylation sites (tertiary alicyclic amines) is 1. The highest BCUT2D eigenvalue weighted by atomic mass is 32.2. The van der Waals surface area contributed by atoms with Gasteiger partial charge in [-0.3, -0.25) is 14.2 Å². The number of hydrogen-bond donors (Lipinski definition) is 1. The van der Waals surface area contributed by atoms with Crippen LogP contribution in [-0.2, 0) is 16.0 Å². The molecule has 3 aromatic rings. The van der Waals surface area contributed by atoms with Gasteiger partial charge in [0.25, 0.3) is 0 Å². The molecule has 0 radical (unpaired) electrons. The highest BCUT2D eigenvalue weighted by Gasteiger charge is 2.27. The fraction of sp³-hybridized carbons (Fsp3) is 0.407. The Morgan fingerprint density at radius 3 is 2.51 bits per heavy atom. The average Bonchev–Trinajstić information content (AvgIpc) is 3.30. The topological polar surface area (TPSA) is 94.1 Å². The predicted octanol–water partition coefficient (Wildman–Crippen LogP) is 4.40. The molecule has 184 valence electrons. The average molecular weight is 492 g/mol. The van der Waals surface area contributed by atoms with Crippen LogP contribution in [0.25, 0.3) is 17.1 Å². The van der Waals surface area contributed by atoms with Gasteiger partial charge in [0, 0.05) is 24.3 Å². The number of amides is 2. The SMILES string of the molecule is CCCCc1ccc(-n2c(SCC(=O)N3CCCC(C(N)=O)C3)nnc2-c2ccc(C)cc2)cc1. The van der Waals surface area contributed by atoms with Gasteiger partial charge in [-0.2, -0.15) is 0 Å². The molecule has 2 N–H and O–H groups in total. The molecule has 7 nitrogen and oxygen atoms in total. The minimum atomic E-state index is -0.333. The van der Waals surface area contributed by atoms with Crippen molar-refractivity contribution in [1.82, 2.24) is 19.7 Å². The van der Waals surface area contributed by atoms with E-state index in [1.807, 2.05) is 16.7 Å². The summed E-state index contributed by atoms with van der Waals surface area (Å²) in [6.07, 6.45) is 4.92. The second-order valence-corrected chi connectivity index (χ2v) is 10.1. The van der Waals surface area contributed by atoms with E-state index in [1.165, 1.54) is 22.9 Å². The minimum Gasteiger partial charge on any atom is -0.369 e. The van der Waals surface area contributed by atoms with Crippen LogP contribution >= 0.6 is 11.8 Å². The summed E-state index contributed by atoms with van der Waals surface area (Å²) in [4.78, 5) is 26.3. The molecule has 1 saturated heterocycles. The molecule has 0 saturated carbocycles. The maximum Gasteiger partial charge on any atom is 0.233 e. The van der Waals surface area contributed by atoms with Gasteiger partial charge < -0.3 is 10.6 Å². The monoisotopic (exact) mass is 491 g/mol. The Kier molecular flexibility index (Phi) is 8.23. The van der Waals surface area contributed by atoms with Gasteiger partial charge in [0.2, 0.25) is 11.8 Å². The molecule has 2 amide bonds. The summed E-state index contributed by atoms with van der Waals surface area (Å²) >= 11 is 1.37. The molecule has 1 aromatic heterocycles. The number of aromatic nitrogens is 3. The van der Waals surface area contributed by atoms with Crippen molar-refractivity contribution in [3.63, 3.8) is 0 Å².